The molecule has 1 saturated heterocycles. The first-order chi connectivity index (χ1) is 12.2. The summed E-state index contributed by atoms with van der Waals surface area (Å²) in [5, 5.41) is 12.1. The Morgan fingerprint density at radius 3 is 3.04 bits per heavy atom. The summed E-state index contributed by atoms with van der Waals surface area (Å²) in [4.78, 5) is 18.9. The number of aromatic nitrogens is 4. The van der Waals surface area contributed by atoms with Crippen LogP contribution in [0.4, 0.5) is 10.5 Å². The Kier molecular flexibility index (Phi) is 4.05. The lowest BCUT2D eigenvalue weighted by molar-refractivity contribution is 0.190. The van der Waals surface area contributed by atoms with Crippen LogP contribution in [0.2, 0.25) is 0 Å². The van der Waals surface area contributed by atoms with E-state index in [9.17, 15) is 4.79 Å². The van der Waals surface area contributed by atoms with Crippen molar-refractivity contribution >= 4 is 22.6 Å². The van der Waals surface area contributed by atoms with Crippen molar-refractivity contribution < 1.29 is 4.79 Å². The van der Waals surface area contributed by atoms with E-state index in [2.05, 4.69) is 20.5 Å². The van der Waals surface area contributed by atoms with Crippen molar-refractivity contribution in [2.75, 3.05) is 18.4 Å². The zero-order chi connectivity index (χ0) is 17.2. The van der Waals surface area contributed by atoms with Gasteiger partial charge in [-0.15, -0.1) is 10.2 Å². The summed E-state index contributed by atoms with van der Waals surface area (Å²) >= 11 is 0. The lowest BCUT2D eigenvalue weighted by atomic mass is 9.97. The van der Waals surface area contributed by atoms with E-state index < -0.39 is 0 Å². The van der Waals surface area contributed by atoms with Crippen LogP contribution in [-0.4, -0.2) is 43.8 Å². The fraction of sp³-hybridized carbons (Fsp3) is 0.333. The zero-order valence-corrected chi connectivity index (χ0v) is 14.1. The highest BCUT2D eigenvalue weighted by Gasteiger charge is 2.27. The van der Waals surface area contributed by atoms with Gasteiger partial charge in [0.2, 0.25) is 0 Å². The molecule has 7 heteroatoms. The van der Waals surface area contributed by atoms with Gasteiger partial charge in [0.25, 0.3) is 0 Å². The van der Waals surface area contributed by atoms with Gasteiger partial charge in [0.05, 0.1) is 17.4 Å². The van der Waals surface area contributed by atoms with Crippen molar-refractivity contribution in [3.05, 3.63) is 48.7 Å². The number of benzene rings is 1. The molecule has 1 aliphatic heterocycles. The van der Waals surface area contributed by atoms with Crippen LogP contribution in [0.3, 0.4) is 0 Å². The summed E-state index contributed by atoms with van der Waals surface area (Å²) in [5.41, 5.74) is 1.63. The Morgan fingerprint density at radius 2 is 2.20 bits per heavy atom. The lowest BCUT2D eigenvalue weighted by Gasteiger charge is -2.32. The van der Waals surface area contributed by atoms with Crippen molar-refractivity contribution in [3.63, 3.8) is 0 Å². The predicted octanol–water partition coefficient (Wildman–Crippen LogP) is 2.77. The number of pyridine rings is 1. The Labute approximate surface area is 145 Å². The first-order valence-electron chi connectivity index (χ1n) is 8.45. The van der Waals surface area contributed by atoms with Crippen molar-refractivity contribution in [2.45, 2.75) is 18.8 Å². The maximum absolute atomic E-state index is 12.6. The molecule has 0 spiro atoms. The molecule has 1 aromatic carbocycles. The third-order valence-corrected chi connectivity index (χ3v) is 4.66. The van der Waals surface area contributed by atoms with Crippen LogP contribution in [0.5, 0.6) is 0 Å². The molecule has 0 bridgehead atoms. The van der Waals surface area contributed by atoms with E-state index in [4.69, 9.17) is 0 Å². The van der Waals surface area contributed by atoms with Crippen LogP contribution in [0.25, 0.3) is 10.9 Å². The number of piperidine rings is 1. The van der Waals surface area contributed by atoms with Crippen molar-refractivity contribution in [1.82, 2.24) is 24.6 Å². The van der Waals surface area contributed by atoms with Gasteiger partial charge in [-0.1, -0.05) is 18.2 Å². The maximum Gasteiger partial charge on any atom is 0.321 e. The fourth-order valence-corrected chi connectivity index (χ4v) is 3.38. The SMILES string of the molecule is Cn1cnnc1C1CCCN(C(=O)Nc2cnc3ccccc3c2)C1. The second-order valence-electron chi connectivity index (χ2n) is 6.43. The third kappa shape index (κ3) is 3.17. The molecule has 4 rings (SSSR count). The predicted molar refractivity (Wildman–Crippen MR) is 95.3 cm³/mol. The van der Waals surface area contributed by atoms with E-state index in [0.717, 1.165) is 36.1 Å². The highest BCUT2D eigenvalue weighted by molar-refractivity contribution is 5.92. The molecule has 7 nitrogen and oxygen atoms in total. The molecule has 1 atom stereocenters. The molecule has 1 fully saturated rings. The standard InChI is InChI=1S/C18H20N6O/c1-23-12-20-22-17(23)14-6-4-8-24(11-14)18(25)21-15-9-13-5-2-3-7-16(13)19-10-15/h2-3,5,7,9-10,12,14H,4,6,8,11H2,1H3,(H,21,25). The number of aryl methyl sites for hydroxylation is 1. The lowest BCUT2D eigenvalue weighted by Crippen LogP contribution is -2.42. The number of nitrogens with zero attached hydrogens (tertiary/aromatic N) is 5. The van der Waals surface area contributed by atoms with Gasteiger partial charge in [0.15, 0.2) is 0 Å². The highest BCUT2D eigenvalue weighted by atomic mass is 16.2. The van der Waals surface area contributed by atoms with E-state index in [1.807, 2.05) is 46.8 Å². The molecule has 1 aliphatic rings. The minimum absolute atomic E-state index is 0.0936. The van der Waals surface area contributed by atoms with Crippen LogP contribution in [0.1, 0.15) is 24.6 Å². The summed E-state index contributed by atoms with van der Waals surface area (Å²) in [6, 6.07) is 9.72. The number of rotatable bonds is 2. The maximum atomic E-state index is 12.6. The smallest absolute Gasteiger partial charge is 0.321 e. The van der Waals surface area contributed by atoms with Gasteiger partial charge < -0.3 is 14.8 Å². The average molecular weight is 336 g/mol. The number of fused-ring (bicyclic) bond motifs is 1. The number of hydrogen-bond donors (Lipinski definition) is 1. The van der Waals surface area contributed by atoms with Gasteiger partial charge >= 0.3 is 6.03 Å². The third-order valence-electron chi connectivity index (χ3n) is 4.66. The van der Waals surface area contributed by atoms with Crippen LogP contribution >= 0.6 is 0 Å². The summed E-state index contributed by atoms with van der Waals surface area (Å²) in [7, 11) is 1.94. The Balaban J connectivity index is 1.47. The molecule has 3 heterocycles. The second-order valence-corrected chi connectivity index (χ2v) is 6.43. The molecule has 3 aromatic rings. The van der Waals surface area contributed by atoms with E-state index in [1.165, 1.54) is 0 Å². The molecule has 128 valence electrons. The molecule has 25 heavy (non-hydrogen) atoms. The topological polar surface area (TPSA) is 75.9 Å². The quantitative estimate of drug-likeness (QED) is 0.781. The number of amides is 2. The van der Waals surface area contributed by atoms with Crippen LogP contribution in [0.15, 0.2) is 42.9 Å². The van der Waals surface area contributed by atoms with Gasteiger partial charge in [-0.05, 0) is 25.0 Å². The van der Waals surface area contributed by atoms with Gasteiger partial charge in [0, 0.05) is 31.4 Å². The van der Waals surface area contributed by atoms with Crippen molar-refractivity contribution in [1.29, 1.82) is 0 Å². The second kappa shape index (κ2) is 6.51. The Bertz CT molecular complexity index is 905. The van der Waals surface area contributed by atoms with E-state index in [0.29, 0.717) is 12.2 Å². The number of urea groups is 1. The minimum atomic E-state index is -0.0936. The Morgan fingerprint density at radius 1 is 1.32 bits per heavy atom. The van der Waals surface area contributed by atoms with E-state index in [1.54, 1.807) is 12.5 Å². The molecule has 0 saturated carbocycles. The zero-order valence-electron chi connectivity index (χ0n) is 14.1. The number of carbonyl (C=O) groups excluding carboxylic acids is 1. The number of anilines is 1. The molecule has 1 unspecified atom stereocenters. The first kappa shape index (κ1) is 15.6. The first-order valence-corrected chi connectivity index (χ1v) is 8.45. The highest BCUT2D eigenvalue weighted by Crippen LogP contribution is 2.25. The number of likely N-dealkylation sites (tertiary alicyclic amines) is 1. The average Bonchev–Trinajstić information content (AvgIpc) is 3.08. The van der Waals surface area contributed by atoms with E-state index in [-0.39, 0.29) is 11.9 Å². The van der Waals surface area contributed by atoms with Gasteiger partial charge in [-0.25, -0.2) is 4.79 Å². The van der Waals surface area contributed by atoms with Crippen molar-refractivity contribution in [3.8, 4) is 0 Å². The molecule has 2 aromatic heterocycles. The summed E-state index contributed by atoms with van der Waals surface area (Å²) in [5.74, 6) is 1.16. The minimum Gasteiger partial charge on any atom is -0.324 e. The monoisotopic (exact) mass is 336 g/mol. The molecule has 2 amide bonds. The summed E-state index contributed by atoms with van der Waals surface area (Å²) in [6.45, 7) is 1.40. The molecule has 0 radical (unpaired) electrons. The van der Waals surface area contributed by atoms with Gasteiger partial charge in [-0.2, -0.15) is 0 Å². The van der Waals surface area contributed by atoms with Crippen molar-refractivity contribution in [2.24, 2.45) is 7.05 Å². The Hall–Kier alpha value is -2.96. The van der Waals surface area contributed by atoms with E-state index >= 15 is 0 Å². The molecular formula is C18H20N6O. The van der Waals surface area contributed by atoms with Crippen LogP contribution in [-0.2, 0) is 7.05 Å². The normalized spacial score (nSPS) is 17.6. The number of hydrogen-bond acceptors (Lipinski definition) is 4. The molecule has 1 N–H and O–H groups in total. The number of carbonyl (C=O) groups is 1. The van der Waals surface area contributed by atoms with Gasteiger partial charge in [0.1, 0.15) is 12.2 Å². The fourth-order valence-electron chi connectivity index (χ4n) is 3.38. The number of nitrogens with one attached hydrogen (secondary N) is 1. The van der Waals surface area contributed by atoms with Crippen LogP contribution < -0.4 is 5.32 Å². The van der Waals surface area contributed by atoms with Gasteiger partial charge in [-0.3, -0.25) is 4.98 Å². The largest absolute Gasteiger partial charge is 0.324 e. The number of para-hydroxylation sites is 1. The van der Waals surface area contributed by atoms with Crippen LogP contribution in [0, 0.1) is 0 Å². The summed E-state index contributed by atoms with van der Waals surface area (Å²) in [6.07, 6.45) is 5.38. The molecular weight excluding hydrogens is 316 g/mol. The molecule has 0 aliphatic carbocycles. The summed E-state index contributed by atoms with van der Waals surface area (Å²) < 4.78 is 1.93.